The largest absolute Gasteiger partial charge is 0.352 e. The third-order valence-corrected chi connectivity index (χ3v) is 10.1. The average molecular weight is 631 g/mol. The predicted octanol–water partition coefficient (Wildman–Crippen LogP) is 6.67. The summed E-state index contributed by atoms with van der Waals surface area (Å²) in [6.07, 6.45) is 5.03. The number of carbonyl (C=O) groups excluding carboxylic acids is 2. The van der Waals surface area contributed by atoms with Crippen LogP contribution < -0.4 is 9.62 Å². The lowest BCUT2D eigenvalue weighted by Gasteiger charge is -2.33. The van der Waals surface area contributed by atoms with Crippen LogP contribution in [0.4, 0.5) is 5.69 Å². The molecule has 0 spiro atoms. The van der Waals surface area contributed by atoms with Gasteiger partial charge in [-0.05, 0) is 75.1 Å². The minimum Gasteiger partial charge on any atom is -0.352 e. The average Bonchev–Trinajstić information content (AvgIpc) is 2.96. The Labute approximate surface area is 258 Å². The molecule has 7 nitrogen and oxygen atoms in total. The molecule has 0 unspecified atom stereocenters. The van der Waals surface area contributed by atoms with Crippen LogP contribution in [0.1, 0.15) is 55.7 Å². The smallest absolute Gasteiger partial charge is 0.264 e. The third-order valence-electron chi connectivity index (χ3n) is 7.71. The molecular formula is C32H37Cl2N3O4S. The second kappa shape index (κ2) is 13.9. The van der Waals surface area contributed by atoms with Crippen LogP contribution in [0.2, 0.25) is 10.0 Å². The van der Waals surface area contributed by atoms with Crippen molar-refractivity contribution < 1.29 is 18.0 Å². The molecule has 42 heavy (non-hydrogen) atoms. The molecule has 3 aromatic carbocycles. The van der Waals surface area contributed by atoms with E-state index in [9.17, 15) is 18.0 Å². The van der Waals surface area contributed by atoms with Crippen molar-refractivity contribution in [3.8, 4) is 0 Å². The summed E-state index contributed by atoms with van der Waals surface area (Å²) in [5.74, 6) is -0.823. The van der Waals surface area contributed by atoms with E-state index in [-0.39, 0.29) is 23.4 Å². The fourth-order valence-corrected chi connectivity index (χ4v) is 7.27. The van der Waals surface area contributed by atoms with Crippen LogP contribution in [0.5, 0.6) is 0 Å². The summed E-state index contributed by atoms with van der Waals surface area (Å²) in [6.45, 7) is 4.88. The number of anilines is 1. The highest BCUT2D eigenvalue weighted by atomic mass is 35.5. The number of aryl methyl sites for hydroxylation is 2. The first-order valence-corrected chi connectivity index (χ1v) is 16.4. The Balaban J connectivity index is 1.71. The van der Waals surface area contributed by atoms with Crippen molar-refractivity contribution in [1.29, 1.82) is 0 Å². The zero-order valence-corrected chi connectivity index (χ0v) is 26.5. The number of nitrogens with zero attached hydrogens (tertiary/aromatic N) is 2. The quantitative estimate of drug-likeness (QED) is 0.271. The fourth-order valence-electron chi connectivity index (χ4n) is 5.30. The van der Waals surface area contributed by atoms with E-state index in [1.165, 1.54) is 17.0 Å². The minimum absolute atomic E-state index is 0.000192. The first-order chi connectivity index (χ1) is 20.0. The van der Waals surface area contributed by atoms with Gasteiger partial charge in [-0.25, -0.2) is 8.42 Å². The number of rotatable bonds is 10. The summed E-state index contributed by atoms with van der Waals surface area (Å²) in [5.41, 5.74) is 2.65. The molecule has 1 saturated carbocycles. The van der Waals surface area contributed by atoms with Crippen LogP contribution in [-0.2, 0) is 26.2 Å². The van der Waals surface area contributed by atoms with Crippen molar-refractivity contribution in [2.45, 2.75) is 76.4 Å². The lowest BCUT2D eigenvalue weighted by molar-refractivity contribution is -0.139. The van der Waals surface area contributed by atoms with Crippen molar-refractivity contribution in [3.63, 3.8) is 0 Å². The molecule has 2 amide bonds. The van der Waals surface area contributed by atoms with E-state index in [1.807, 2.05) is 26.0 Å². The van der Waals surface area contributed by atoms with Gasteiger partial charge in [0, 0.05) is 22.6 Å². The summed E-state index contributed by atoms with van der Waals surface area (Å²) in [5, 5.41) is 3.90. The minimum atomic E-state index is -4.13. The van der Waals surface area contributed by atoms with E-state index >= 15 is 0 Å². The van der Waals surface area contributed by atoms with Crippen LogP contribution in [0.3, 0.4) is 0 Å². The Hall–Kier alpha value is -3.07. The SMILES string of the molecule is Cc1ccc(N(CC(=O)N(Cc2ccc(Cl)cc2Cl)[C@H](C)C(=O)NC2CCCCC2)S(=O)(=O)c2ccccc2)c(C)c1. The van der Waals surface area contributed by atoms with Crippen molar-refractivity contribution in [2.24, 2.45) is 0 Å². The van der Waals surface area contributed by atoms with Gasteiger partial charge in [0.15, 0.2) is 0 Å². The highest BCUT2D eigenvalue weighted by molar-refractivity contribution is 7.92. The van der Waals surface area contributed by atoms with E-state index < -0.39 is 28.5 Å². The van der Waals surface area contributed by atoms with Crippen LogP contribution in [0, 0.1) is 13.8 Å². The summed E-state index contributed by atoms with van der Waals surface area (Å²) in [7, 11) is -4.13. The highest BCUT2D eigenvalue weighted by Gasteiger charge is 2.34. The second-order valence-electron chi connectivity index (χ2n) is 10.9. The Morgan fingerprint density at radius 3 is 2.29 bits per heavy atom. The predicted molar refractivity (Wildman–Crippen MR) is 168 cm³/mol. The maximum atomic E-state index is 14.2. The zero-order valence-electron chi connectivity index (χ0n) is 24.1. The molecule has 0 aromatic heterocycles. The van der Waals surface area contributed by atoms with Gasteiger partial charge < -0.3 is 10.2 Å². The number of carbonyl (C=O) groups is 2. The van der Waals surface area contributed by atoms with Gasteiger partial charge in [-0.2, -0.15) is 0 Å². The summed E-state index contributed by atoms with van der Waals surface area (Å²) in [6, 6.07) is 17.5. The number of hydrogen-bond donors (Lipinski definition) is 1. The summed E-state index contributed by atoms with van der Waals surface area (Å²) < 4.78 is 29.1. The van der Waals surface area contributed by atoms with Gasteiger partial charge in [0.2, 0.25) is 11.8 Å². The fraction of sp³-hybridized carbons (Fsp3) is 0.375. The molecule has 1 atom stereocenters. The Morgan fingerprint density at radius 1 is 0.952 bits per heavy atom. The summed E-state index contributed by atoms with van der Waals surface area (Å²) >= 11 is 12.6. The lowest BCUT2D eigenvalue weighted by Crippen LogP contribution is -2.53. The molecule has 0 radical (unpaired) electrons. The maximum absolute atomic E-state index is 14.2. The van der Waals surface area contributed by atoms with Crippen LogP contribution in [-0.4, -0.2) is 43.8 Å². The molecule has 4 rings (SSSR count). The number of nitrogens with one attached hydrogen (secondary N) is 1. The molecule has 0 aliphatic heterocycles. The van der Waals surface area contributed by atoms with Crippen molar-refractivity contribution in [2.75, 3.05) is 10.8 Å². The van der Waals surface area contributed by atoms with Crippen molar-refractivity contribution >= 4 is 50.7 Å². The number of hydrogen-bond acceptors (Lipinski definition) is 4. The van der Waals surface area contributed by atoms with Gasteiger partial charge in [0.1, 0.15) is 12.6 Å². The Kier molecular flexibility index (Phi) is 10.6. The zero-order chi connectivity index (χ0) is 30.4. The molecule has 0 heterocycles. The molecule has 10 heteroatoms. The molecule has 0 saturated heterocycles. The topological polar surface area (TPSA) is 86.8 Å². The number of benzene rings is 3. The Morgan fingerprint density at radius 2 is 1.64 bits per heavy atom. The molecular weight excluding hydrogens is 593 g/mol. The van der Waals surface area contributed by atoms with Gasteiger partial charge in [-0.15, -0.1) is 0 Å². The number of amides is 2. The highest BCUT2D eigenvalue weighted by Crippen LogP contribution is 2.29. The van der Waals surface area contributed by atoms with Gasteiger partial charge in [0.05, 0.1) is 10.6 Å². The molecule has 1 N–H and O–H groups in total. The van der Waals surface area contributed by atoms with Crippen LogP contribution in [0.25, 0.3) is 0 Å². The molecule has 3 aromatic rings. The van der Waals surface area contributed by atoms with E-state index in [1.54, 1.807) is 49.4 Å². The number of halogens is 2. The first-order valence-electron chi connectivity index (χ1n) is 14.2. The van der Waals surface area contributed by atoms with Crippen LogP contribution >= 0.6 is 23.2 Å². The monoisotopic (exact) mass is 629 g/mol. The first kappa shape index (κ1) is 31.9. The molecule has 1 fully saturated rings. The van der Waals surface area contributed by atoms with E-state index in [0.717, 1.165) is 42.0 Å². The van der Waals surface area contributed by atoms with E-state index in [4.69, 9.17) is 23.2 Å². The van der Waals surface area contributed by atoms with E-state index in [0.29, 0.717) is 26.9 Å². The molecule has 0 bridgehead atoms. The van der Waals surface area contributed by atoms with Gasteiger partial charge >= 0.3 is 0 Å². The van der Waals surface area contributed by atoms with Crippen molar-refractivity contribution in [1.82, 2.24) is 10.2 Å². The van der Waals surface area contributed by atoms with Gasteiger partial charge in [-0.1, -0.05) is 84.4 Å². The normalized spacial score (nSPS) is 14.7. The third kappa shape index (κ3) is 7.65. The maximum Gasteiger partial charge on any atom is 0.264 e. The van der Waals surface area contributed by atoms with Crippen LogP contribution in [0.15, 0.2) is 71.6 Å². The Bertz CT molecular complexity index is 1530. The molecule has 224 valence electrons. The lowest BCUT2D eigenvalue weighted by atomic mass is 9.95. The number of sulfonamides is 1. The van der Waals surface area contributed by atoms with E-state index in [2.05, 4.69) is 5.32 Å². The second-order valence-corrected chi connectivity index (χ2v) is 13.6. The van der Waals surface area contributed by atoms with Gasteiger partial charge in [-0.3, -0.25) is 13.9 Å². The van der Waals surface area contributed by atoms with Gasteiger partial charge in [0.25, 0.3) is 10.0 Å². The molecule has 1 aliphatic carbocycles. The standard InChI is InChI=1S/C32H37Cl2N3O4S/c1-22-14-17-30(23(2)18-22)37(42(40,41)28-12-8-5-9-13-28)21-31(38)36(20-25-15-16-26(33)19-29(25)34)24(3)32(39)35-27-10-6-4-7-11-27/h5,8-9,12-19,24,27H,4,6-7,10-11,20-21H2,1-3H3,(H,35,39)/t24-/m1/s1. The molecule has 1 aliphatic rings. The van der Waals surface area contributed by atoms with Crippen molar-refractivity contribution in [3.05, 3.63) is 93.5 Å². The summed E-state index contributed by atoms with van der Waals surface area (Å²) in [4.78, 5) is 29.1.